The topological polar surface area (TPSA) is 72.5 Å². The largest absolute Gasteiger partial charge is 0.496 e. The molecule has 0 radical (unpaired) electrons. The third kappa shape index (κ3) is 4.10. The zero-order valence-electron chi connectivity index (χ0n) is 11.8. The van der Waals surface area contributed by atoms with Crippen LogP contribution in [0.15, 0.2) is 30.4 Å². The zero-order chi connectivity index (χ0) is 14.6. The Morgan fingerprint density at radius 3 is 2.53 bits per heavy atom. The van der Waals surface area contributed by atoms with Crippen molar-refractivity contribution in [3.63, 3.8) is 0 Å². The average molecular weight is 263 g/mol. The van der Waals surface area contributed by atoms with Gasteiger partial charge in [-0.15, -0.1) is 0 Å². The molecule has 1 aromatic rings. The summed E-state index contributed by atoms with van der Waals surface area (Å²) in [5, 5.41) is 8.65. The Balaban J connectivity index is 3.19. The minimum absolute atomic E-state index is 0.00272. The molecule has 0 spiro atoms. The summed E-state index contributed by atoms with van der Waals surface area (Å²) in [7, 11) is 1.57. The first-order chi connectivity index (χ1) is 8.75. The molecular formula is C15H21NO3. The quantitative estimate of drug-likeness (QED) is 0.819. The van der Waals surface area contributed by atoms with Gasteiger partial charge < -0.3 is 15.6 Å². The Bertz CT molecular complexity index is 487. The number of hydrogen-bond acceptors (Lipinski definition) is 3. The Kier molecular flexibility index (Phi) is 4.72. The van der Waals surface area contributed by atoms with Crippen LogP contribution in [0, 0.1) is 0 Å². The second kappa shape index (κ2) is 5.89. The summed E-state index contributed by atoms with van der Waals surface area (Å²) in [5.41, 5.74) is 7.91. The van der Waals surface area contributed by atoms with Crippen molar-refractivity contribution < 1.29 is 14.6 Å². The minimum atomic E-state index is -1.01. The third-order valence-corrected chi connectivity index (χ3v) is 2.90. The second-order valence-corrected chi connectivity index (χ2v) is 5.43. The fraction of sp³-hybridized carbons (Fsp3) is 0.400. The van der Waals surface area contributed by atoms with Crippen LogP contribution < -0.4 is 10.5 Å². The molecule has 3 N–H and O–H groups in total. The Morgan fingerprint density at radius 2 is 2.05 bits per heavy atom. The van der Waals surface area contributed by atoms with Gasteiger partial charge in [0.2, 0.25) is 0 Å². The first-order valence-electron chi connectivity index (χ1n) is 6.11. The van der Waals surface area contributed by atoms with E-state index in [0.29, 0.717) is 5.75 Å². The van der Waals surface area contributed by atoms with Gasteiger partial charge in [0.05, 0.1) is 13.2 Å². The monoisotopic (exact) mass is 263 g/mol. The van der Waals surface area contributed by atoms with E-state index in [1.54, 1.807) is 7.11 Å². The van der Waals surface area contributed by atoms with Gasteiger partial charge in [0, 0.05) is 11.6 Å². The van der Waals surface area contributed by atoms with E-state index in [-0.39, 0.29) is 5.41 Å². The maximum atomic E-state index is 10.5. The van der Waals surface area contributed by atoms with E-state index >= 15 is 0 Å². The third-order valence-electron chi connectivity index (χ3n) is 2.90. The van der Waals surface area contributed by atoms with Crippen LogP contribution in [0.25, 0.3) is 0 Å². The maximum Gasteiger partial charge on any atom is 0.328 e. The first kappa shape index (κ1) is 15.2. The lowest BCUT2D eigenvalue weighted by molar-refractivity contribution is -0.131. The first-order valence-corrected chi connectivity index (χ1v) is 6.11. The van der Waals surface area contributed by atoms with Gasteiger partial charge in [-0.2, -0.15) is 0 Å². The Labute approximate surface area is 113 Å². The summed E-state index contributed by atoms with van der Waals surface area (Å²) >= 11 is 0. The molecule has 0 saturated carbocycles. The molecule has 104 valence electrons. The van der Waals surface area contributed by atoms with Gasteiger partial charge in [-0.1, -0.05) is 32.9 Å². The SMILES string of the molecule is COc1ccc(C(C)(C)C)cc1C(N)/C=C/C(=O)O. The molecule has 0 bridgehead atoms. The molecule has 0 aliphatic carbocycles. The van der Waals surface area contributed by atoms with Gasteiger partial charge in [0.1, 0.15) is 5.75 Å². The molecule has 4 nitrogen and oxygen atoms in total. The summed E-state index contributed by atoms with van der Waals surface area (Å²) < 4.78 is 5.28. The average Bonchev–Trinajstić information content (AvgIpc) is 2.33. The summed E-state index contributed by atoms with van der Waals surface area (Å²) in [6, 6.07) is 5.32. The van der Waals surface area contributed by atoms with E-state index in [1.807, 2.05) is 18.2 Å². The number of ether oxygens (including phenoxy) is 1. The van der Waals surface area contributed by atoms with Crippen LogP contribution in [-0.4, -0.2) is 18.2 Å². The highest BCUT2D eigenvalue weighted by Crippen LogP contribution is 2.31. The molecule has 19 heavy (non-hydrogen) atoms. The summed E-state index contributed by atoms with van der Waals surface area (Å²) in [6.45, 7) is 6.33. The minimum Gasteiger partial charge on any atom is -0.496 e. The molecular weight excluding hydrogens is 242 g/mol. The summed E-state index contributed by atoms with van der Waals surface area (Å²) in [6.07, 6.45) is 2.50. The van der Waals surface area contributed by atoms with Gasteiger partial charge in [0.25, 0.3) is 0 Å². The smallest absolute Gasteiger partial charge is 0.328 e. The van der Waals surface area contributed by atoms with E-state index in [9.17, 15) is 4.79 Å². The number of carboxylic acid groups (broad SMARTS) is 1. The fourth-order valence-corrected chi connectivity index (χ4v) is 1.75. The summed E-state index contributed by atoms with van der Waals surface area (Å²) in [5.74, 6) is -0.350. The van der Waals surface area contributed by atoms with Crippen LogP contribution in [0.5, 0.6) is 5.75 Å². The molecule has 0 aromatic heterocycles. The number of nitrogens with two attached hydrogens (primary N) is 1. The van der Waals surface area contributed by atoms with Crippen LogP contribution in [0.1, 0.15) is 37.9 Å². The van der Waals surface area contributed by atoms with E-state index in [0.717, 1.165) is 17.2 Å². The van der Waals surface area contributed by atoms with Crippen LogP contribution >= 0.6 is 0 Å². The van der Waals surface area contributed by atoms with Gasteiger partial charge in [-0.3, -0.25) is 0 Å². The lowest BCUT2D eigenvalue weighted by atomic mass is 9.85. The number of aliphatic carboxylic acids is 1. The Hall–Kier alpha value is -1.81. The highest BCUT2D eigenvalue weighted by atomic mass is 16.5. The van der Waals surface area contributed by atoms with E-state index in [2.05, 4.69) is 20.8 Å². The predicted octanol–water partition coefficient (Wildman–Crippen LogP) is 2.63. The predicted molar refractivity (Wildman–Crippen MR) is 75.4 cm³/mol. The van der Waals surface area contributed by atoms with Crippen LogP contribution in [0.2, 0.25) is 0 Å². The van der Waals surface area contributed by atoms with Crippen molar-refractivity contribution in [2.45, 2.75) is 32.2 Å². The van der Waals surface area contributed by atoms with Crippen molar-refractivity contribution in [3.8, 4) is 5.75 Å². The lowest BCUT2D eigenvalue weighted by Gasteiger charge is -2.22. The number of methoxy groups -OCH3 is 1. The normalized spacial score (nSPS) is 13.5. The Morgan fingerprint density at radius 1 is 1.42 bits per heavy atom. The van der Waals surface area contributed by atoms with Crippen LogP contribution in [0.4, 0.5) is 0 Å². The number of carbonyl (C=O) groups is 1. The maximum absolute atomic E-state index is 10.5. The molecule has 1 unspecified atom stereocenters. The number of hydrogen-bond donors (Lipinski definition) is 2. The van der Waals surface area contributed by atoms with Gasteiger partial charge in [0.15, 0.2) is 0 Å². The highest BCUT2D eigenvalue weighted by molar-refractivity contribution is 5.79. The molecule has 1 aromatic carbocycles. The van der Waals surface area contributed by atoms with E-state index in [4.69, 9.17) is 15.6 Å². The zero-order valence-corrected chi connectivity index (χ0v) is 11.8. The molecule has 0 heterocycles. The van der Waals surface area contributed by atoms with Gasteiger partial charge in [-0.25, -0.2) is 4.79 Å². The molecule has 1 atom stereocenters. The van der Waals surface area contributed by atoms with Gasteiger partial charge >= 0.3 is 5.97 Å². The van der Waals surface area contributed by atoms with E-state index < -0.39 is 12.0 Å². The standard InChI is InChI=1S/C15H21NO3/c1-15(2,3)10-5-7-13(19-4)11(9-10)12(16)6-8-14(17)18/h5-9,12H,16H2,1-4H3,(H,17,18)/b8-6+. The second-order valence-electron chi connectivity index (χ2n) is 5.43. The van der Waals surface area contributed by atoms with Crippen molar-refractivity contribution in [2.24, 2.45) is 5.73 Å². The van der Waals surface area contributed by atoms with Crippen molar-refractivity contribution in [2.75, 3.05) is 7.11 Å². The van der Waals surface area contributed by atoms with Gasteiger partial charge in [-0.05, 0) is 23.1 Å². The molecule has 4 heteroatoms. The fourth-order valence-electron chi connectivity index (χ4n) is 1.75. The lowest BCUT2D eigenvalue weighted by Crippen LogP contribution is -2.15. The molecule has 0 fully saturated rings. The number of benzene rings is 1. The van der Waals surface area contributed by atoms with Crippen molar-refractivity contribution in [3.05, 3.63) is 41.5 Å². The molecule has 1 rings (SSSR count). The van der Waals surface area contributed by atoms with E-state index in [1.165, 1.54) is 6.08 Å². The summed E-state index contributed by atoms with van der Waals surface area (Å²) in [4.78, 5) is 10.5. The van der Waals surface area contributed by atoms with Crippen molar-refractivity contribution in [1.82, 2.24) is 0 Å². The highest BCUT2D eigenvalue weighted by Gasteiger charge is 2.17. The number of rotatable bonds is 4. The molecule has 0 saturated heterocycles. The molecule has 0 aliphatic rings. The van der Waals surface area contributed by atoms with Crippen molar-refractivity contribution >= 4 is 5.97 Å². The van der Waals surface area contributed by atoms with Crippen molar-refractivity contribution in [1.29, 1.82) is 0 Å². The molecule has 0 amide bonds. The van der Waals surface area contributed by atoms with Crippen LogP contribution in [-0.2, 0) is 10.2 Å². The molecule has 0 aliphatic heterocycles. The van der Waals surface area contributed by atoms with Crippen LogP contribution in [0.3, 0.4) is 0 Å². The number of carboxylic acids is 1.